The molecule has 0 aliphatic carbocycles. The van der Waals surface area contributed by atoms with Gasteiger partial charge in [-0.05, 0) is 62.1 Å². The molecule has 1 saturated heterocycles. The highest BCUT2D eigenvalue weighted by atomic mass is 16.3. The Kier molecular flexibility index (Phi) is 5.71. The van der Waals surface area contributed by atoms with Crippen molar-refractivity contribution in [2.45, 2.75) is 51.0 Å². The first-order valence-electron chi connectivity index (χ1n) is 10.0. The summed E-state index contributed by atoms with van der Waals surface area (Å²) in [6.07, 6.45) is 5.82. The summed E-state index contributed by atoms with van der Waals surface area (Å²) in [5.41, 5.74) is 3.25. The highest BCUT2D eigenvalue weighted by Crippen LogP contribution is 2.24. The number of aryl methyl sites for hydroxylation is 1. The summed E-state index contributed by atoms with van der Waals surface area (Å²) in [5.74, 6) is 0. The van der Waals surface area contributed by atoms with Crippen molar-refractivity contribution in [3.63, 3.8) is 0 Å². The Labute approximate surface area is 169 Å². The van der Waals surface area contributed by atoms with Gasteiger partial charge >= 0.3 is 0 Å². The molecule has 1 aromatic carbocycles. The molecule has 0 bridgehead atoms. The van der Waals surface area contributed by atoms with Gasteiger partial charge in [0, 0.05) is 24.0 Å². The van der Waals surface area contributed by atoms with Crippen molar-refractivity contribution in [1.29, 1.82) is 0 Å². The summed E-state index contributed by atoms with van der Waals surface area (Å²) < 4.78 is 1.45. The first-order chi connectivity index (χ1) is 14.0. The number of piperidine rings is 1. The smallest absolute Gasteiger partial charge is 0.261 e. The number of hydrogen-bond donors (Lipinski definition) is 3. The second kappa shape index (κ2) is 8.41. The van der Waals surface area contributed by atoms with E-state index >= 15 is 0 Å². The predicted octanol–water partition coefficient (Wildman–Crippen LogP) is 1.63. The van der Waals surface area contributed by atoms with E-state index in [-0.39, 0.29) is 18.1 Å². The number of pyridine rings is 1. The molecular weight excluding hydrogens is 368 g/mol. The molecule has 0 saturated carbocycles. The number of fused-ring (bicyclic) bond motifs is 1. The molecule has 29 heavy (non-hydrogen) atoms. The van der Waals surface area contributed by atoms with Crippen LogP contribution < -0.4 is 10.9 Å². The van der Waals surface area contributed by atoms with Gasteiger partial charge in [-0.25, -0.2) is 4.98 Å². The Balaban J connectivity index is 1.62. The van der Waals surface area contributed by atoms with E-state index in [0.29, 0.717) is 17.3 Å². The molecule has 2 aromatic heterocycles. The first kappa shape index (κ1) is 19.7. The Morgan fingerprint density at radius 1 is 1.34 bits per heavy atom. The minimum atomic E-state index is -0.750. The van der Waals surface area contributed by atoms with E-state index in [1.807, 2.05) is 31.2 Å². The fraction of sp³-hybridized carbons (Fsp3) is 0.409. The van der Waals surface area contributed by atoms with Crippen LogP contribution in [-0.2, 0) is 6.54 Å². The van der Waals surface area contributed by atoms with Crippen molar-refractivity contribution in [1.82, 2.24) is 19.9 Å². The maximum Gasteiger partial charge on any atom is 0.261 e. The van der Waals surface area contributed by atoms with Crippen LogP contribution in [0.4, 0.5) is 0 Å². The average molecular weight is 394 g/mol. The summed E-state index contributed by atoms with van der Waals surface area (Å²) in [4.78, 5) is 21.7. The monoisotopic (exact) mass is 394 g/mol. The second-order valence-electron chi connectivity index (χ2n) is 7.79. The summed E-state index contributed by atoms with van der Waals surface area (Å²) in [6, 6.07) is 7.50. The molecule has 152 valence electrons. The maximum atomic E-state index is 13.1. The highest BCUT2D eigenvalue weighted by Gasteiger charge is 2.25. The van der Waals surface area contributed by atoms with Gasteiger partial charge in [-0.3, -0.25) is 14.3 Å². The second-order valence-corrected chi connectivity index (χ2v) is 7.79. The maximum absolute atomic E-state index is 13.1. The van der Waals surface area contributed by atoms with Crippen molar-refractivity contribution in [3.05, 3.63) is 58.9 Å². The summed E-state index contributed by atoms with van der Waals surface area (Å²) >= 11 is 0. The van der Waals surface area contributed by atoms with Gasteiger partial charge in [0.25, 0.3) is 5.56 Å². The fourth-order valence-electron chi connectivity index (χ4n) is 4.05. The Bertz CT molecular complexity index is 1050. The van der Waals surface area contributed by atoms with Crippen LogP contribution in [0.15, 0.2) is 47.8 Å². The number of aliphatic hydroxyl groups excluding tert-OH is 2. The Hall–Kier alpha value is -2.61. The first-order valence-corrected chi connectivity index (χ1v) is 10.0. The topological polar surface area (TPSA) is 100 Å². The molecule has 0 unspecified atom stereocenters. The summed E-state index contributed by atoms with van der Waals surface area (Å²) in [6.45, 7) is 2.91. The molecule has 4 rings (SSSR count). The zero-order valence-electron chi connectivity index (χ0n) is 16.5. The zero-order valence-corrected chi connectivity index (χ0v) is 16.5. The van der Waals surface area contributed by atoms with Gasteiger partial charge in [-0.15, -0.1) is 0 Å². The molecule has 0 radical (unpaired) electrons. The summed E-state index contributed by atoms with van der Waals surface area (Å²) in [7, 11) is 0. The molecule has 1 fully saturated rings. The third-order valence-electron chi connectivity index (χ3n) is 5.59. The quantitative estimate of drug-likeness (QED) is 0.608. The molecule has 3 aromatic rings. The molecule has 7 nitrogen and oxygen atoms in total. The lowest BCUT2D eigenvalue weighted by molar-refractivity contribution is 0.0539. The van der Waals surface area contributed by atoms with Crippen LogP contribution in [0.5, 0.6) is 0 Å². The van der Waals surface area contributed by atoms with Crippen molar-refractivity contribution < 1.29 is 10.2 Å². The van der Waals surface area contributed by atoms with Crippen LogP contribution in [0.1, 0.15) is 24.8 Å². The van der Waals surface area contributed by atoms with E-state index in [2.05, 4.69) is 15.3 Å². The standard InChI is InChI=1S/C22H26N4O3/c1-14-8-16(15-4-2-6-23-11-15)9-18-21(14)25-13-26(22(18)29)12-17(27)10-19-20(28)5-3-7-24-19/h2,4,6,8-9,11,13,17,19-20,24,27-28H,3,5,7,10,12H2,1H3/t17-,19+,20-/m0/s1. The largest absolute Gasteiger partial charge is 0.392 e. The molecular formula is C22H26N4O3. The lowest BCUT2D eigenvalue weighted by Gasteiger charge is -2.30. The predicted molar refractivity (Wildman–Crippen MR) is 112 cm³/mol. The van der Waals surface area contributed by atoms with Gasteiger partial charge in [-0.1, -0.05) is 6.07 Å². The highest BCUT2D eigenvalue weighted by molar-refractivity contribution is 5.86. The number of nitrogens with one attached hydrogen (secondary N) is 1. The average Bonchev–Trinajstić information content (AvgIpc) is 2.72. The number of benzene rings is 1. The van der Waals surface area contributed by atoms with E-state index in [4.69, 9.17) is 0 Å². The van der Waals surface area contributed by atoms with E-state index in [1.54, 1.807) is 12.4 Å². The Morgan fingerprint density at radius 2 is 2.21 bits per heavy atom. The molecule has 0 amide bonds. The third kappa shape index (κ3) is 4.22. The van der Waals surface area contributed by atoms with Crippen LogP contribution in [0.2, 0.25) is 0 Å². The zero-order chi connectivity index (χ0) is 20.4. The molecule has 0 spiro atoms. The SMILES string of the molecule is Cc1cc(-c2cccnc2)cc2c(=O)n(C[C@@H](O)C[C@H]3NCCC[C@@H]3O)cnc12. The van der Waals surface area contributed by atoms with Gasteiger partial charge in [-0.2, -0.15) is 0 Å². The lowest BCUT2D eigenvalue weighted by atomic mass is 9.96. The van der Waals surface area contributed by atoms with Crippen molar-refractivity contribution >= 4 is 10.9 Å². The third-order valence-corrected chi connectivity index (χ3v) is 5.59. The lowest BCUT2D eigenvalue weighted by Crippen LogP contribution is -2.47. The molecule has 1 aliphatic rings. The number of aliphatic hydroxyl groups is 2. The van der Waals surface area contributed by atoms with E-state index in [1.165, 1.54) is 10.9 Å². The number of nitrogens with zero attached hydrogens (tertiary/aromatic N) is 3. The van der Waals surface area contributed by atoms with E-state index < -0.39 is 12.2 Å². The van der Waals surface area contributed by atoms with Crippen LogP contribution in [0, 0.1) is 6.92 Å². The molecule has 3 N–H and O–H groups in total. The van der Waals surface area contributed by atoms with E-state index in [9.17, 15) is 15.0 Å². The van der Waals surface area contributed by atoms with Gasteiger partial charge in [0.1, 0.15) is 0 Å². The molecule has 7 heteroatoms. The van der Waals surface area contributed by atoms with Crippen molar-refractivity contribution in [2.24, 2.45) is 0 Å². The van der Waals surface area contributed by atoms with Crippen LogP contribution in [-0.4, -0.2) is 49.5 Å². The van der Waals surface area contributed by atoms with Crippen molar-refractivity contribution in [3.8, 4) is 11.1 Å². The van der Waals surface area contributed by atoms with Gasteiger partial charge < -0.3 is 15.5 Å². The van der Waals surface area contributed by atoms with E-state index in [0.717, 1.165) is 36.1 Å². The van der Waals surface area contributed by atoms with Gasteiger partial charge in [0.15, 0.2) is 0 Å². The van der Waals surface area contributed by atoms with Crippen molar-refractivity contribution in [2.75, 3.05) is 6.54 Å². The number of rotatable bonds is 5. The van der Waals surface area contributed by atoms with Crippen LogP contribution in [0.3, 0.4) is 0 Å². The number of hydrogen-bond acceptors (Lipinski definition) is 6. The fourth-order valence-corrected chi connectivity index (χ4v) is 4.05. The minimum absolute atomic E-state index is 0.142. The minimum Gasteiger partial charge on any atom is -0.392 e. The Morgan fingerprint density at radius 3 is 2.97 bits per heavy atom. The van der Waals surface area contributed by atoms with Crippen LogP contribution in [0.25, 0.3) is 22.0 Å². The number of aromatic nitrogens is 3. The summed E-state index contributed by atoms with van der Waals surface area (Å²) in [5, 5.41) is 24.4. The van der Waals surface area contributed by atoms with Crippen LogP contribution >= 0.6 is 0 Å². The normalized spacial score (nSPS) is 20.7. The van der Waals surface area contributed by atoms with Gasteiger partial charge in [0.2, 0.25) is 0 Å². The van der Waals surface area contributed by atoms with Gasteiger partial charge in [0.05, 0.1) is 36.0 Å². The molecule has 3 heterocycles. The molecule has 3 atom stereocenters. The molecule has 1 aliphatic heterocycles.